The smallest absolute Gasteiger partial charge is 0.241 e. The summed E-state index contributed by atoms with van der Waals surface area (Å²) in [6, 6.07) is 15.3. The zero-order valence-electron chi connectivity index (χ0n) is 16.1. The Kier molecular flexibility index (Phi) is 4.52. The number of nitrogens with zero attached hydrogens (tertiary/aromatic N) is 3. The number of carbonyl (C=O) groups is 1. The molecule has 150 valence electrons. The molecule has 0 saturated heterocycles. The number of carbonyl (C=O) groups excluding carboxylic acids is 1. The number of nitrogens with one attached hydrogen (secondary N) is 2. The third kappa shape index (κ3) is 3.33. The average molecular weight is 420 g/mol. The summed E-state index contributed by atoms with van der Waals surface area (Å²) in [6.45, 7) is 0.546. The van der Waals surface area contributed by atoms with Gasteiger partial charge >= 0.3 is 0 Å². The summed E-state index contributed by atoms with van der Waals surface area (Å²) < 4.78 is 7.31. The molecule has 0 saturated carbocycles. The third-order valence-corrected chi connectivity index (χ3v) is 5.32. The number of benzene rings is 2. The molecule has 0 bridgehead atoms. The first-order valence-corrected chi connectivity index (χ1v) is 9.83. The second kappa shape index (κ2) is 7.35. The fourth-order valence-corrected chi connectivity index (χ4v) is 3.81. The van der Waals surface area contributed by atoms with E-state index in [4.69, 9.17) is 16.3 Å². The first-order chi connectivity index (χ1) is 14.6. The Bertz CT molecular complexity index is 1280. The van der Waals surface area contributed by atoms with Gasteiger partial charge in [0, 0.05) is 22.8 Å². The maximum atomic E-state index is 11.5. The number of aromatic nitrogens is 3. The van der Waals surface area contributed by atoms with Gasteiger partial charge in [-0.1, -0.05) is 23.7 Å². The minimum Gasteiger partial charge on any atom is -0.496 e. The van der Waals surface area contributed by atoms with Crippen molar-refractivity contribution in [1.29, 1.82) is 0 Å². The van der Waals surface area contributed by atoms with Crippen LogP contribution in [0.2, 0.25) is 5.02 Å². The van der Waals surface area contributed by atoms with Gasteiger partial charge in [-0.25, -0.2) is 9.50 Å². The second-order valence-electron chi connectivity index (χ2n) is 7.05. The number of amides is 1. The molecule has 1 aliphatic rings. The van der Waals surface area contributed by atoms with Gasteiger partial charge in [0.25, 0.3) is 0 Å². The molecular weight excluding hydrogens is 402 g/mol. The Balaban J connectivity index is 1.43. The van der Waals surface area contributed by atoms with E-state index in [9.17, 15) is 4.79 Å². The monoisotopic (exact) mass is 419 g/mol. The topological polar surface area (TPSA) is 80.5 Å². The summed E-state index contributed by atoms with van der Waals surface area (Å²) >= 11 is 6.20. The standard InChI is InChI=1S/C22H18ClN5O2/c1-30-20-7-3-15(23)10-17(20)19-6-4-16-12-25-22(27-28(16)19)24-11-13-2-5-18-14(8-13)9-21(29)26-18/h2-8,10,12H,9,11H2,1H3,(H,24,27)(H,26,29). The lowest BCUT2D eigenvalue weighted by Crippen LogP contribution is -2.07. The number of anilines is 2. The molecular formula is C22H18ClN5O2. The molecule has 0 radical (unpaired) electrons. The molecule has 7 nitrogen and oxygen atoms in total. The Morgan fingerprint density at radius 2 is 2.10 bits per heavy atom. The van der Waals surface area contributed by atoms with Gasteiger partial charge in [-0.15, -0.1) is 5.10 Å². The zero-order valence-corrected chi connectivity index (χ0v) is 16.9. The number of methoxy groups -OCH3 is 1. The van der Waals surface area contributed by atoms with Crippen molar-refractivity contribution < 1.29 is 9.53 Å². The van der Waals surface area contributed by atoms with Gasteiger partial charge in [0.05, 0.1) is 30.9 Å². The number of halogens is 1. The van der Waals surface area contributed by atoms with Crippen molar-refractivity contribution in [2.45, 2.75) is 13.0 Å². The lowest BCUT2D eigenvalue weighted by atomic mass is 10.1. The minimum atomic E-state index is 0.0282. The molecule has 1 aliphatic heterocycles. The van der Waals surface area contributed by atoms with Gasteiger partial charge in [-0.2, -0.15) is 0 Å². The molecule has 2 aromatic carbocycles. The van der Waals surface area contributed by atoms with Crippen LogP contribution in [0, 0.1) is 0 Å². The van der Waals surface area contributed by atoms with Crippen LogP contribution in [-0.4, -0.2) is 27.6 Å². The quantitative estimate of drug-likeness (QED) is 0.507. The van der Waals surface area contributed by atoms with Crippen molar-refractivity contribution >= 4 is 34.7 Å². The van der Waals surface area contributed by atoms with Crippen LogP contribution in [-0.2, 0) is 17.8 Å². The molecule has 0 spiro atoms. The van der Waals surface area contributed by atoms with E-state index in [1.807, 2.05) is 47.0 Å². The lowest BCUT2D eigenvalue weighted by Gasteiger charge is -2.10. The van der Waals surface area contributed by atoms with E-state index < -0.39 is 0 Å². The maximum absolute atomic E-state index is 11.5. The highest BCUT2D eigenvalue weighted by atomic mass is 35.5. The van der Waals surface area contributed by atoms with Gasteiger partial charge in [-0.05, 0) is 47.5 Å². The predicted octanol–water partition coefficient (Wildman–Crippen LogP) is 4.17. The molecule has 0 unspecified atom stereocenters. The van der Waals surface area contributed by atoms with E-state index >= 15 is 0 Å². The zero-order chi connectivity index (χ0) is 20.7. The number of fused-ring (bicyclic) bond motifs is 2. The van der Waals surface area contributed by atoms with Crippen molar-refractivity contribution in [3.8, 4) is 17.0 Å². The summed E-state index contributed by atoms with van der Waals surface area (Å²) in [5, 5.41) is 11.4. The van der Waals surface area contributed by atoms with Crippen LogP contribution in [0.1, 0.15) is 11.1 Å². The molecule has 5 rings (SSSR count). The Morgan fingerprint density at radius 3 is 2.97 bits per heavy atom. The molecule has 4 aromatic rings. The molecule has 1 amide bonds. The van der Waals surface area contributed by atoms with Crippen LogP contribution >= 0.6 is 11.6 Å². The van der Waals surface area contributed by atoms with Crippen LogP contribution in [0.25, 0.3) is 16.8 Å². The summed E-state index contributed by atoms with van der Waals surface area (Å²) in [5.74, 6) is 1.24. The second-order valence-corrected chi connectivity index (χ2v) is 7.49. The van der Waals surface area contributed by atoms with Crippen LogP contribution < -0.4 is 15.4 Å². The Morgan fingerprint density at radius 1 is 1.20 bits per heavy atom. The predicted molar refractivity (Wildman–Crippen MR) is 116 cm³/mol. The van der Waals surface area contributed by atoms with E-state index in [0.29, 0.717) is 29.7 Å². The first kappa shape index (κ1) is 18.4. The van der Waals surface area contributed by atoms with Crippen molar-refractivity contribution in [2.75, 3.05) is 17.7 Å². The van der Waals surface area contributed by atoms with Crippen molar-refractivity contribution in [1.82, 2.24) is 14.6 Å². The van der Waals surface area contributed by atoms with E-state index in [0.717, 1.165) is 33.6 Å². The fourth-order valence-electron chi connectivity index (χ4n) is 3.64. The number of rotatable bonds is 5. The highest BCUT2D eigenvalue weighted by Crippen LogP contribution is 2.33. The molecule has 0 atom stereocenters. The van der Waals surface area contributed by atoms with Gasteiger partial charge in [0.15, 0.2) is 0 Å². The molecule has 0 aliphatic carbocycles. The van der Waals surface area contributed by atoms with E-state index in [1.54, 1.807) is 19.4 Å². The van der Waals surface area contributed by atoms with Crippen LogP contribution in [0.4, 0.5) is 11.6 Å². The van der Waals surface area contributed by atoms with Crippen molar-refractivity contribution in [3.63, 3.8) is 0 Å². The van der Waals surface area contributed by atoms with E-state index in [2.05, 4.69) is 20.7 Å². The average Bonchev–Trinajstić information content (AvgIpc) is 3.33. The van der Waals surface area contributed by atoms with Gasteiger partial charge in [0.1, 0.15) is 5.75 Å². The van der Waals surface area contributed by atoms with Crippen molar-refractivity contribution in [3.05, 3.63) is 70.9 Å². The fraction of sp³-hybridized carbons (Fsp3) is 0.136. The number of ether oxygens (including phenoxy) is 1. The number of hydrogen-bond donors (Lipinski definition) is 2. The van der Waals surface area contributed by atoms with E-state index in [-0.39, 0.29) is 5.91 Å². The summed E-state index contributed by atoms with van der Waals surface area (Å²) in [7, 11) is 1.63. The molecule has 8 heteroatoms. The molecule has 2 N–H and O–H groups in total. The van der Waals surface area contributed by atoms with E-state index in [1.165, 1.54) is 0 Å². The van der Waals surface area contributed by atoms with Crippen molar-refractivity contribution in [2.24, 2.45) is 0 Å². The maximum Gasteiger partial charge on any atom is 0.241 e. The summed E-state index contributed by atoms with van der Waals surface area (Å²) in [4.78, 5) is 15.9. The minimum absolute atomic E-state index is 0.0282. The highest BCUT2D eigenvalue weighted by Gasteiger charge is 2.17. The van der Waals surface area contributed by atoms with Crippen LogP contribution in [0.15, 0.2) is 54.7 Å². The molecule has 3 heterocycles. The SMILES string of the molecule is COc1ccc(Cl)cc1-c1ccc2cnc(NCc3ccc4c(c3)CC(=O)N4)nn12. The molecule has 30 heavy (non-hydrogen) atoms. The van der Waals surface area contributed by atoms with Crippen LogP contribution in [0.5, 0.6) is 5.75 Å². The molecule has 2 aromatic heterocycles. The normalized spacial score (nSPS) is 12.7. The summed E-state index contributed by atoms with van der Waals surface area (Å²) in [6.07, 6.45) is 2.18. The van der Waals surface area contributed by atoms with Gasteiger partial charge in [-0.3, -0.25) is 4.79 Å². The summed E-state index contributed by atoms with van der Waals surface area (Å²) in [5.41, 5.74) is 5.52. The van der Waals surface area contributed by atoms with Gasteiger partial charge in [0.2, 0.25) is 11.9 Å². The Labute approximate surface area is 177 Å². The Hall–Kier alpha value is -3.58. The highest BCUT2D eigenvalue weighted by molar-refractivity contribution is 6.31. The van der Waals surface area contributed by atoms with Crippen LogP contribution in [0.3, 0.4) is 0 Å². The lowest BCUT2D eigenvalue weighted by molar-refractivity contribution is -0.115. The largest absolute Gasteiger partial charge is 0.496 e. The third-order valence-electron chi connectivity index (χ3n) is 5.08. The first-order valence-electron chi connectivity index (χ1n) is 9.45. The van der Waals surface area contributed by atoms with Gasteiger partial charge < -0.3 is 15.4 Å². The number of hydrogen-bond acceptors (Lipinski definition) is 5. The molecule has 0 fully saturated rings.